The van der Waals surface area contributed by atoms with Gasteiger partial charge in [-0.2, -0.15) is 0 Å². The number of aliphatic carboxylic acids is 1. The van der Waals surface area contributed by atoms with E-state index < -0.39 is 25.9 Å². The van der Waals surface area contributed by atoms with Crippen LogP contribution in [0.5, 0.6) is 0 Å². The lowest BCUT2D eigenvalue weighted by Crippen LogP contribution is -2.33. The van der Waals surface area contributed by atoms with E-state index in [2.05, 4.69) is 5.32 Å². The van der Waals surface area contributed by atoms with Gasteiger partial charge in [0.25, 0.3) is 0 Å². The van der Waals surface area contributed by atoms with E-state index in [1.165, 1.54) is 0 Å². The molecule has 1 atom stereocenters. The highest BCUT2D eigenvalue weighted by Crippen LogP contribution is 2.41. The molecule has 13 heavy (non-hydrogen) atoms. The Labute approximate surface area is 76.1 Å². The average Bonchev–Trinajstić information content (AvgIpc) is 1.95. The van der Waals surface area contributed by atoms with Gasteiger partial charge < -0.3 is 14.9 Å². The molecule has 0 aromatic heterocycles. The van der Waals surface area contributed by atoms with Crippen LogP contribution in [-0.2, 0) is 9.36 Å². The Hall–Kier alpha value is -0.420. The number of carboxylic acids is 1. The second-order valence-corrected chi connectivity index (χ2v) is 4.47. The monoisotopic (exact) mass is 211 g/mol. The number of hydrogen-bond donors (Lipinski definition) is 4. The molecule has 0 aliphatic rings. The van der Waals surface area contributed by atoms with E-state index in [1.54, 1.807) is 6.92 Å². The molecule has 0 aliphatic heterocycles. The zero-order valence-electron chi connectivity index (χ0n) is 7.30. The van der Waals surface area contributed by atoms with Gasteiger partial charge in [-0.1, -0.05) is 13.3 Å². The molecule has 0 bridgehead atoms. The van der Waals surface area contributed by atoms with Gasteiger partial charge in [0.05, 0.1) is 6.54 Å². The lowest BCUT2D eigenvalue weighted by atomic mass is 10.3. The summed E-state index contributed by atoms with van der Waals surface area (Å²) in [6, 6.07) is 0. The van der Waals surface area contributed by atoms with Crippen molar-refractivity contribution < 1.29 is 24.3 Å². The normalized spacial score (nSPS) is 14.1. The lowest BCUT2D eigenvalue weighted by molar-refractivity contribution is -0.136. The summed E-state index contributed by atoms with van der Waals surface area (Å²) in [6.07, 6.45) is 0.847. The molecule has 6 nitrogen and oxygen atoms in total. The Bertz CT molecular complexity index is 213. The fourth-order valence-corrected chi connectivity index (χ4v) is 1.79. The second-order valence-electron chi connectivity index (χ2n) is 2.67. The Morgan fingerprint density at radius 2 is 2.08 bits per heavy atom. The number of hydrogen-bond acceptors (Lipinski definition) is 3. The summed E-state index contributed by atoms with van der Waals surface area (Å²) in [5, 5.41) is 10.6. The van der Waals surface area contributed by atoms with Crippen molar-refractivity contribution >= 4 is 13.6 Å². The maximum Gasteiger partial charge on any atom is 0.342 e. The van der Waals surface area contributed by atoms with E-state index in [4.69, 9.17) is 14.9 Å². The Kier molecular flexibility index (Phi) is 5.17. The van der Waals surface area contributed by atoms with Crippen molar-refractivity contribution in [3.8, 4) is 0 Å². The highest BCUT2D eigenvalue weighted by atomic mass is 31.2. The molecule has 0 saturated heterocycles. The standard InChI is InChI=1S/C6H14NO5P/c1-2-3-5(13(10,11)12)7-4-6(8)9/h5,7H,2-4H2,1H3,(H,8,9)(H2,10,11,12). The number of rotatable bonds is 6. The van der Waals surface area contributed by atoms with E-state index in [0.717, 1.165) is 0 Å². The number of carbonyl (C=O) groups is 1. The van der Waals surface area contributed by atoms with Crippen LogP contribution in [0.2, 0.25) is 0 Å². The van der Waals surface area contributed by atoms with E-state index in [9.17, 15) is 9.36 Å². The number of nitrogens with one attached hydrogen (secondary N) is 1. The molecule has 7 heteroatoms. The summed E-state index contributed by atoms with van der Waals surface area (Å²) in [7, 11) is -4.22. The minimum atomic E-state index is -4.22. The minimum absolute atomic E-state index is 0.261. The topological polar surface area (TPSA) is 107 Å². The van der Waals surface area contributed by atoms with Crippen molar-refractivity contribution in [1.82, 2.24) is 5.32 Å². The fourth-order valence-electron chi connectivity index (χ4n) is 0.868. The van der Waals surface area contributed by atoms with Gasteiger partial charge >= 0.3 is 13.6 Å². The first-order chi connectivity index (χ1) is 5.88. The highest BCUT2D eigenvalue weighted by molar-refractivity contribution is 7.52. The predicted octanol–water partition coefficient (Wildman–Crippen LogP) is -0.0355. The molecule has 0 aromatic rings. The minimum Gasteiger partial charge on any atom is -0.480 e. The Balaban J connectivity index is 4.11. The summed E-state index contributed by atoms with van der Waals surface area (Å²) >= 11 is 0. The largest absolute Gasteiger partial charge is 0.480 e. The van der Waals surface area contributed by atoms with Crippen LogP contribution in [0.1, 0.15) is 19.8 Å². The van der Waals surface area contributed by atoms with Crippen molar-refractivity contribution in [3.63, 3.8) is 0 Å². The van der Waals surface area contributed by atoms with Gasteiger partial charge in [0, 0.05) is 0 Å². The Morgan fingerprint density at radius 3 is 2.38 bits per heavy atom. The van der Waals surface area contributed by atoms with Crippen LogP contribution in [0.4, 0.5) is 0 Å². The summed E-state index contributed by atoms with van der Waals surface area (Å²) in [6.45, 7) is 1.33. The molecule has 0 aromatic carbocycles. The van der Waals surface area contributed by atoms with Crippen LogP contribution >= 0.6 is 7.60 Å². The van der Waals surface area contributed by atoms with Gasteiger partial charge in [-0.3, -0.25) is 14.7 Å². The van der Waals surface area contributed by atoms with Crippen molar-refractivity contribution in [1.29, 1.82) is 0 Å². The van der Waals surface area contributed by atoms with Crippen molar-refractivity contribution in [2.45, 2.75) is 25.5 Å². The zero-order valence-corrected chi connectivity index (χ0v) is 8.20. The van der Waals surface area contributed by atoms with Gasteiger partial charge in [-0.15, -0.1) is 0 Å². The lowest BCUT2D eigenvalue weighted by Gasteiger charge is -2.17. The van der Waals surface area contributed by atoms with Crippen molar-refractivity contribution in [2.75, 3.05) is 6.54 Å². The third-order valence-electron chi connectivity index (χ3n) is 1.46. The van der Waals surface area contributed by atoms with Gasteiger partial charge in [0.2, 0.25) is 0 Å². The SMILES string of the molecule is CCCC(NCC(=O)O)P(=O)(O)O. The van der Waals surface area contributed by atoms with E-state index in [-0.39, 0.29) is 6.42 Å². The van der Waals surface area contributed by atoms with Crippen LogP contribution in [-0.4, -0.2) is 33.2 Å². The summed E-state index contributed by atoms with van der Waals surface area (Å²) < 4.78 is 10.8. The predicted molar refractivity (Wildman–Crippen MR) is 46.4 cm³/mol. The molecule has 0 amide bonds. The molecule has 0 fully saturated rings. The zero-order chi connectivity index (χ0) is 10.5. The van der Waals surface area contributed by atoms with Crippen molar-refractivity contribution in [3.05, 3.63) is 0 Å². The molecule has 0 aliphatic carbocycles. The molecular formula is C6H14NO5P. The maximum atomic E-state index is 10.8. The van der Waals surface area contributed by atoms with Crippen LogP contribution in [0.15, 0.2) is 0 Å². The van der Waals surface area contributed by atoms with Gasteiger partial charge in [-0.25, -0.2) is 0 Å². The first-order valence-electron chi connectivity index (χ1n) is 3.88. The Morgan fingerprint density at radius 1 is 1.54 bits per heavy atom. The smallest absolute Gasteiger partial charge is 0.342 e. The average molecular weight is 211 g/mol. The molecule has 78 valence electrons. The van der Waals surface area contributed by atoms with Gasteiger partial charge in [-0.05, 0) is 6.42 Å². The van der Waals surface area contributed by atoms with Crippen molar-refractivity contribution in [2.24, 2.45) is 0 Å². The molecule has 0 saturated carbocycles. The fraction of sp³-hybridized carbons (Fsp3) is 0.833. The third kappa shape index (κ3) is 5.76. The molecular weight excluding hydrogens is 197 g/mol. The molecule has 0 heterocycles. The van der Waals surface area contributed by atoms with E-state index in [0.29, 0.717) is 6.42 Å². The van der Waals surface area contributed by atoms with Crippen LogP contribution in [0.25, 0.3) is 0 Å². The second kappa shape index (κ2) is 5.34. The maximum absolute atomic E-state index is 10.8. The van der Waals surface area contributed by atoms with Crippen LogP contribution in [0, 0.1) is 0 Å². The molecule has 0 rings (SSSR count). The van der Waals surface area contributed by atoms with Crippen LogP contribution < -0.4 is 5.32 Å². The molecule has 0 radical (unpaired) electrons. The van der Waals surface area contributed by atoms with E-state index >= 15 is 0 Å². The van der Waals surface area contributed by atoms with Gasteiger partial charge in [0.1, 0.15) is 5.78 Å². The highest BCUT2D eigenvalue weighted by Gasteiger charge is 2.27. The summed E-state index contributed by atoms with van der Waals surface area (Å²) in [5.41, 5.74) is 0. The first-order valence-corrected chi connectivity index (χ1v) is 5.56. The van der Waals surface area contributed by atoms with Crippen LogP contribution in [0.3, 0.4) is 0 Å². The third-order valence-corrected chi connectivity index (χ3v) is 2.71. The van der Waals surface area contributed by atoms with Gasteiger partial charge in [0.15, 0.2) is 0 Å². The molecule has 1 unspecified atom stereocenters. The van der Waals surface area contributed by atoms with E-state index in [1.807, 2.05) is 0 Å². The summed E-state index contributed by atoms with van der Waals surface area (Å²) in [4.78, 5) is 27.7. The summed E-state index contributed by atoms with van der Waals surface area (Å²) in [5.74, 6) is -2.18. The number of carboxylic acid groups (broad SMARTS) is 1. The molecule has 0 spiro atoms. The first kappa shape index (κ1) is 12.6. The quantitative estimate of drug-likeness (QED) is 0.459. The molecule has 4 N–H and O–H groups in total.